The summed E-state index contributed by atoms with van der Waals surface area (Å²) in [4.78, 5) is 13.4. The molecule has 5 rings (SSSR count). The number of benzene rings is 3. The average Bonchev–Trinajstić information content (AvgIpc) is 3.05. The number of nitrogens with zero attached hydrogens (tertiary/aromatic N) is 2. The Labute approximate surface area is 256 Å². The number of rotatable bonds is 14. The highest BCUT2D eigenvalue weighted by Gasteiger charge is 2.41. The van der Waals surface area contributed by atoms with Crippen molar-refractivity contribution in [2.24, 2.45) is 16.9 Å². The maximum absolute atomic E-state index is 13.4. The van der Waals surface area contributed by atoms with E-state index >= 15 is 0 Å². The van der Waals surface area contributed by atoms with Gasteiger partial charge in [-0.15, -0.1) is 0 Å². The molecule has 2 aliphatic rings. The first kappa shape index (κ1) is 30.6. The van der Waals surface area contributed by atoms with Gasteiger partial charge in [0.05, 0.1) is 26.5 Å². The van der Waals surface area contributed by atoms with Crippen molar-refractivity contribution in [2.75, 3.05) is 27.4 Å². The summed E-state index contributed by atoms with van der Waals surface area (Å²) in [6, 6.07) is 25.2. The number of amides is 1. The van der Waals surface area contributed by atoms with Gasteiger partial charge >= 0.3 is 0 Å². The summed E-state index contributed by atoms with van der Waals surface area (Å²) in [6.07, 6.45) is 6.78. The van der Waals surface area contributed by atoms with E-state index in [0.29, 0.717) is 30.7 Å². The second kappa shape index (κ2) is 15.1. The molecule has 3 unspecified atom stereocenters. The van der Waals surface area contributed by atoms with Gasteiger partial charge in [0.15, 0.2) is 11.5 Å². The monoisotopic (exact) mass is 583 g/mol. The first-order chi connectivity index (χ1) is 21.1. The zero-order valence-electron chi connectivity index (χ0n) is 25.8. The summed E-state index contributed by atoms with van der Waals surface area (Å²) in [5.41, 5.74) is 4.57. The normalized spacial score (nSPS) is 18.9. The van der Waals surface area contributed by atoms with Crippen molar-refractivity contribution >= 4 is 11.6 Å². The van der Waals surface area contributed by atoms with Crippen LogP contribution in [0.25, 0.3) is 0 Å². The molecule has 1 heterocycles. The Kier molecular flexibility index (Phi) is 10.7. The van der Waals surface area contributed by atoms with E-state index in [1.807, 2.05) is 24.3 Å². The molecule has 43 heavy (non-hydrogen) atoms. The molecule has 1 amide bonds. The van der Waals surface area contributed by atoms with Crippen LogP contribution in [0.1, 0.15) is 62.1 Å². The Morgan fingerprint density at radius 1 is 0.884 bits per heavy atom. The molecule has 7 nitrogen and oxygen atoms in total. The van der Waals surface area contributed by atoms with Gasteiger partial charge in [-0.3, -0.25) is 4.79 Å². The zero-order chi connectivity index (χ0) is 30.0. The van der Waals surface area contributed by atoms with E-state index < -0.39 is 0 Å². The molecule has 0 bridgehead atoms. The predicted octanol–water partition coefficient (Wildman–Crippen LogP) is 6.64. The van der Waals surface area contributed by atoms with E-state index in [4.69, 9.17) is 19.3 Å². The summed E-state index contributed by atoms with van der Waals surface area (Å²) >= 11 is 0. The van der Waals surface area contributed by atoms with Gasteiger partial charge in [0, 0.05) is 36.5 Å². The van der Waals surface area contributed by atoms with Crippen molar-refractivity contribution in [2.45, 2.75) is 64.5 Å². The van der Waals surface area contributed by atoms with E-state index in [1.165, 1.54) is 11.1 Å². The lowest BCUT2D eigenvalue weighted by Crippen LogP contribution is -2.46. The first-order valence-electron chi connectivity index (χ1n) is 15.7. The molecule has 1 aliphatic heterocycles. The van der Waals surface area contributed by atoms with E-state index in [1.54, 1.807) is 19.2 Å². The number of hydrogen-bond donors (Lipinski definition) is 1. The van der Waals surface area contributed by atoms with Crippen LogP contribution < -0.4 is 19.5 Å². The third kappa shape index (κ3) is 7.96. The van der Waals surface area contributed by atoms with Gasteiger partial charge < -0.3 is 19.5 Å². The maximum Gasteiger partial charge on any atom is 0.246 e. The van der Waals surface area contributed by atoms with Crippen molar-refractivity contribution in [1.29, 1.82) is 0 Å². The highest BCUT2D eigenvalue weighted by atomic mass is 16.5. The SMILES string of the molecule is COc1ccc(C2=NN(CCCCOc3ccc(CC(C)NCc4ccccc4)cc3)C(=O)C3CCCCC23)cc1OC. The molecule has 1 N–H and O–H groups in total. The second-order valence-electron chi connectivity index (χ2n) is 11.7. The molecule has 3 atom stereocenters. The zero-order valence-corrected chi connectivity index (χ0v) is 25.8. The molecule has 1 aliphatic carbocycles. The molecule has 0 radical (unpaired) electrons. The van der Waals surface area contributed by atoms with Crippen LogP contribution in [-0.4, -0.2) is 50.0 Å². The molecule has 0 spiro atoms. The molecular formula is C36H45N3O4. The van der Waals surface area contributed by atoms with Gasteiger partial charge in [-0.25, -0.2) is 5.01 Å². The quantitative estimate of drug-likeness (QED) is 0.216. The van der Waals surface area contributed by atoms with E-state index in [9.17, 15) is 4.79 Å². The average molecular weight is 584 g/mol. The minimum absolute atomic E-state index is 0.000341. The van der Waals surface area contributed by atoms with Crippen LogP contribution in [0.2, 0.25) is 0 Å². The Morgan fingerprint density at radius 2 is 1.63 bits per heavy atom. The highest BCUT2D eigenvalue weighted by Crippen LogP contribution is 2.39. The van der Waals surface area contributed by atoms with Gasteiger partial charge in [0.25, 0.3) is 0 Å². The van der Waals surface area contributed by atoms with Crippen molar-refractivity contribution in [1.82, 2.24) is 10.3 Å². The van der Waals surface area contributed by atoms with Crippen molar-refractivity contribution in [3.05, 3.63) is 89.5 Å². The van der Waals surface area contributed by atoms with Crippen LogP contribution in [0.15, 0.2) is 77.9 Å². The minimum atomic E-state index is 0.000341. The fourth-order valence-corrected chi connectivity index (χ4v) is 6.22. The number of hydrogen-bond acceptors (Lipinski definition) is 6. The minimum Gasteiger partial charge on any atom is -0.494 e. The van der Waals surface area contributed by atoms with Crippen LogP contribution in [0.5, 0.6) is 17.2 Å². The number of carbonyl (C=O) groups excluding carboxylic acids is 1. The molecule has 1 fully saturated rings. The Balaban J connectivity index is 1.11. The number of unbranched alkanes of at least 4 members (excludes halogenated alkanes) is 1. The van der Waals surface area contributed by atoms with E-state index in [2.05, 4.69) is 60.8 Å². The molecule has 228 valence electrons. The standard InChI is InChI=1S/C36H45N3O4/c1-26(37-25-28-11-5-4-6-12-28)23-27-15-18-30(19-16-27)43-22-10-9-21-39-36(40)32-14-8-7-13-31(32)35(38-39)29-17-20-33(41-2)34(24-29)42-3/h4-6,11-12,15-20,24,26,31-32,37H,7-10,13-14,21-23,25H2,1-3H3. The van der Waals surface area contributed by atoms with Crippen molar-refractivity contribution in [3.63, 3.8) is 0 Å². The third-order valence-corrected chi connectivity index (χ3v) is 8.59. The lowest BCUT2D eigenvalue weighted by atomic mass is 9.73. The topological polar surface area (TPSA) is 72.4 Å². The predicted molar refractivity (Wildman–Crippen MR) is 171 cm³/mol. The van der Waals surface area contributed by atoms with Crippen LogP contribution in [0.3, 0.4) is 0 Å². The first-order valence-corrected chi connectivity index (χ1v) is 15.7. The number of ether oxygens (including phenoxy) is 3. The lowest BCUT2D eigenvalue weighted by Gasteiger charge is -2.38. The number of fused-ring (bicyclic) bond motifs is 1. The maximum atomic E-state index is 13.4. The van der Waals surface area contributed by atoms with Crippen LogP contribution in [-0.2, 0) is 17.8 Å². The largest absolute Gasteiger partial charge is 0.494 e. The Bertz CT molecular complexity index is 1360. The number of methoxy groups -OCH3 is 2. The van der Waals surface area contributed by atoms with Crippen LogP contribution in [0.4, 0.5) is 0 Å². The fourth-order valence-electron chi connectivity index (χ4n) is 6.22. The van der Waals surface area contributed by atoms with Crippen LogP contribution in [0, 0.1) is 11.8 Å². The molecule has 3 aromatic rings. The number of nitrogens with one attached hydrogen (secondary N) is 1. The van der Waals surface area contributed by atoms with Gasteiger partial charge in [-0.2, -0.15) is 5.10 Å². The van der Waals surface area contributed by atoms with Crippen molar-refractivity contribution < 1.29 is 19.0 Å². The van der Waals surface area contributed by atoms with Gasteiger partial charge in [0.1, 0.15) is 5.75 Å². The molecule has 7 heteroatoms. The molecule has 1 saturated carbocycles. The van der Waals surface area contributed by atoms with E-state index in [0.717, 1.165) is 68.5 Å². The highest BCUT2D eigenvalue weighted by molar-refractivity contribution is 6.07. The summed E-state index contributed by atoms with van der Waals surface area (Å²) in [7, 11) is 3.28. The number of hydrazone groups is 1. The molecule has 0 aromatic heterocycles. The fraction of sp³-hybridized carbons (Fsp3) is 0.444. The second-order valence-corrected chi connectivity index (χ2v) is 11.7. The molecule has 3 aromatic carbocycles. The molecular weight excluding hydrogens is 538 g/mol. The van der Waals surface area contributed by atoms with Crippen molar-refractivity contribution in [3.8, 4) is 17.2 Å². The lowest BCUT2D eigenvalue weighted by molar-refractivity contribution is -0.139. The summed E-state index contributed by atoms with van der Waals surface area (Å²) in [6.45, 7) is 4.29. The Morgan fingerprint density at radius 3 is 2.37 bits per heavy atom. The van der Waals surface area contributed by atoms with Crippen LogP contribution >= 0.6 is 0 Å². The Hall–Kier alpha value is -3.84. The number of carbonyl (C=O) groups is 1. The summed E-state index contributed by atoms with van der Waals surface area (Å²) in [5.74, 6) is 2.57. The van der Waals surface area contributed by atoms with E-state index in [-0.39, 0.29) is 17.7 Å². The van der Waals surface area contributed by atoms with Gasteiger partial charge in [-0.1, -0.05) is 55.3 Å². The summed E-state index contributed by atoms with van der Waals surface area (Å²) in [5, 5.41) is 10.2. The molecule has 0 saturated heterocycles. The third-order valence-electron chi connectivity index (χ3n) is 8.59. The van der Waals surface area contributed by atoms with Gasteiger partial charge in [-0.05, 0) is 80.5 Å². The van der Waals surface area contributed by atoms with Gasteiger partial charge in [0.2, 0.25) is 5.91 Å². The summed E-state index contributed by atoms with van der Waals surface area (Å²) < 4.78 is 17.0. The smallest absolute Gasteiger partial charge is 0.246 e.